The minimum absolute atomic E-state index is 0.0210. The number of hydrogen-bond donors (Lipinski definition) is 1. The molecule has 1 aliphatic carbocycles. The van der Waals surface area contributed by atoms with Crippen molar-refractivity contribution in [1.29, 1.82) is 0 Å². The van der Waals surface area contributed by atoms with Gasteiger partial charge in [-0.05, 0) is 40.5 Å². The van der Waals surface area contributed by atoms with Crippen molar-refractivity contribution in [3.05, 3.63) is 0 Å². The molecular weight excluding hydrogens is 262 g/mol. The predicted octanol–water partition coefficient (Wildman–Crippen LogP) is 1.31. The second kappa shape index (κ2) is 4.91. The van der Waals surface area contributed by atoms with E-state index in [4.69, 9.17) is 9.47 Å². The molecule has 6 nitrogen and oxygen atoms in total. The average Bonchev–Trinajstić information content (AvgIpc) is 2.93. The van der Waals surface area contributed by atoms with Crippen molar-refractivity contribution in [1.82, 2.24) is 4.90 Å². The Morgan fingerprint density at radius 3 is 2.50 bits per heavy atom. The zero-order valence-electron chi connectivity index (χ0n) is 12.5. The van der Waals surface area contributed by atoms with Crippen LogP contribution in [-0.4, -0.2) is 53.0 Å². The Morgan fingerprint density at radius 1 is 1.35 bits per heavy atom. The summed E-state index contributed by atoms with van der Waals surface area (Å²) in [6, 6.07) is -0.757. The van der Waals surface area contributed by atoms with Crippen molar-refractivity contribution >= 4 is 12.1 Å². The number of aliphatic hydroxyl groups excluding tert-OH is 1. The quantitative estimate of drug-likeness (QED) is 0.791. The molecule has 1 heterocycles. The molecule has 2 aliphatic rings. The minimum atomic E-state index is -0.643. The van der Waals surface area contributed by atoms with Gasteiger partial charge < -0.3 is 14.6 Å². The third-order valence-corrected chi connectivity index (χ3v) is 3.90. The molecular formula is C14H23NO5. The van der Waals surface area contributed by atoms with Crippen LogP contribution in [0.3, 0.4) is 0 Å². The lowest BCUT2D eigenvalue weighted by molar-refractivity contribution is -0.149. The van der Waals surface area contributed by atoms with Crippen molar-refractivity contribution in [3.8, 4) is 0 Å². The number of piperidine rings is 1. The molecule has 0 aromatic rings. The second-order valence-electron chi connectivity index (χ2n) is 6.60. The summed E-state index contributed by atoms with van der Waals surface area (Å²) in [5.41, 5.74) is -0.954. The van der Waals surface area contributed by atoms with Crippen LogP contribution < -0.4 is 0 Å². The molecule has 0 aromatic heterocycles. The Balaban J connectivity index is 2.15. The van der Waals surface area contributed by atoms with Gasteiger partial charge in [0.05, 0.1) is 13.2 Å². The largest absolute Gasteiger partial charge is 0.464 e. The van der Waals surface area contributed by atoms with Crippen LogP contribution in [0.2, 0.25) is 0 Å². The van der Waals surface area contributed by atoms with Crippen LogP contribution in [0.15, 0.2) is 0 Å². The molecule has 1 unspecified atom stereocenters. The number of hydrogen-bond acceptors (Lipinski definition) is 5. The van der Waals surface area contributed by atoms with Gasteiger partial charge in [-0.15, -0.1) is 0 Å². The van der Waals surface area contributed by atoms with E-state index in [1.807, 2.05) is 0 Å². The molecule has 6 heteroatoms. The van der Waals surface area contributed by atoms with Crippen LogP contribution in [-0.2, 0) is 14.3 Å². The Kier molecular flexibility index (Phi) is 3.71. The molecule has 0 spiro atoms. The van der Waals surface area contributed by atoms with Crippen LogP contribution in [0.4, 0.5) is 4.79 Å². The molecule has 114 valence electrons. The Labute approximate surface area is 119 Å². The number of likely N-dealkylation sites (tertiary alicyclic amines) is 1. The van der Waals surface area contributed by atoms with Gasteiger partial charge in [0, 0.05) is 11.5 Å². The molecule has 3 atom stereocenters. The first kappa shape index (κ1) is 15.1. The fraction of sp³-hybridized carbons (Fsp3) is 0.857. The number of nitrogens with zero attached hydrogens (tertiary/aromatic N) is 1. The summed E-state index contributed by atoms with van der Waals surface area (Å²) in [5, 5.41) is 9.50. The van der Waals surface area contributed by atoms with Gasteiger partial charge in [-0.3, -0.25) is 4.90 Å². The van der Waals surface area contributed by atoms with Crippen molar-refractivity contribution in [2.24, 2.45) is 5.41 Å². The molecule has 0 bridgehead atoms. The van der Waals surface area contributed by atoms with Gasteiger partial charge in [-0.2, -0.15) is 0 Å². The molecule has 2 rings (SSSR count). The molecule has 1 saturated carbocycles. The molecule has 0 radical (unpaired) electrons. The molecule has 2 fully saturated rings. The number of rotatable bonds is 3. The van der Waals surface area contributed by atoms with E-state index >= 15 is 0 Å². The van der Waals surface area contributed by atoms with Gasteiger partial charge in [-0.1, -0.05) is 0 Å². The van der Waals surface area contributed by atoms with E-state index in [9.17, 15) is 14.7 Å². The summed E-state index contributed by atoms with van der Waals surface area (Å²) in [4.78, 5) is 25.7. The zero-order valence-corrected chi connectivity index (χ0v) is 12.5. The highest BCUT2D eigenvalue weighted by Gasteiger charge is 2.68. The SMILES string of the molecule is CCOC(=O)C1C[C@@]2(CO)C[C@@H]2N1C(=O)OC(C)(C)C. The third-order valence-electron chi connectivity index (χ3n) is 3.90. The summed E-state index contributed by atoms with van der Waals surface area (Å²) in [6.07, 6.45) is 0.665. The maximum absolute atomic E-state index is 12.3. The van der Waals surface area contributed by atoms with Crippen molar-refractivity contribution in [2.45, 2.75) is 58.2 Å². The number of esters is 1. The van der Waals surface area contributed by atoms with E-state index in [1.165, 1.54) is 4.90 Å². The monoisotopic (exact) mass is 285 g/mol. The molecule has 1 N–H and O–H groups in total. The number of aliphatic hydroxyl groups is 1. The summed E-state index contributed by atoms with van der Waals surface area (Å²) >= 11 is 0. The van der Waals surface area contributed by atoms with E-state index in [1.54, 1.807) is 27.7 Å². The summed E-state index contributed by atoms with van der Waals surface area (Å²) in [7, 11) is 0. The fourth-order valence-electron chi connectivity index (χ4n) is 2.88. The van der Waals surface area contributed by atoms with Crippen LogP contribution >= 0.6 is 0 Å². The van der Waals surface area contributed by atoms with E-state index in [2.05, 4.69) is 0 Å². The lowest BCUT2D eigenvalue weighted by Gasteiger charge is -2.29. The number of carbonyl (C=O) groups is 2. The summed E-state index contributed by atoms with van der Waals surface area (Å²) in [5.74, 6) is -0.418. The molecule has 0 aromatic carbocycles. The Morgan fingerprint density at radius 2 is 2.00 bits per heavy atom. The van der Waals surface area contributed by atoms with Gasteiger partial charge in [-0.25, -0.2) is 9.59 Å². The summed E-state index contributed by atoms with van der Waals surface area (Å²) < 4.78 is 10.4. The van der Waals surface area contributed by atoms with E-state index in [0.717, 1.165) is 6.42 Å². The van der Waals surface area contributed by atoms with E-state index < -0.39 is 23.7 Å². The van der Waals surface area contributed by atoms with Crippen LogP contribution in [0.1, 0.15) is 40.5 Å². The molecule has 1 saturated heterocycles. The topological polar surface area (TPSA) is 76.1 Å². The lowest BCUT2D eigenvalue weighted by atomic mass is 10.0. The smallest absolute Gasteiger partial charge is 0.411 e. The Hall–Kier alpha value is -1.30. The first-order chi connectivity index (χ1) is 9.24. The van der Waals surface area contributed by atoms with Crippen molar-refractivity contribution < 1.29 is 24.2 Å². The Bertz CT molecular complexity index is 416. The van der Waals surface area contributed by atoms with E-state index in [-0.39, 0.29) is 24.7 Å². The number of ether oxygens (including phenoxy) is 2. The first-order valence-corrected chi connectivity index (χ1v) is 7.03. The van der Waals surface area contributed by atoms with Crippen LogP contribution in [0.5, 0.6) is 0 Å². The fourth-order valence-corrected chi connectivity index (χ4v) is 2.88. The third kappa shape index (κ3) is 2.61. The maximum Gasteiger partial charge on any atom is 0.411 e. The predicted molar refractivity (Wildman–Crippen MR) is 71.0 cm³/mol. The van der Waals surface area contributed by atoms with Gasteiger partial charge in [0.1, 0.15) is 11.6 Å². The second-order valence-corrected chi connectivity index (χ2v) is 6.60. The highest BCUT2D eigenvalue weighted by molar-refractivity contribution is 5.83. The number of carbonyl (C=O) groups excluding carboxylic acids is 2. The van der Waals surface area contributed by atoms with Crippen molar-refractivity contribution in [2.75, 3.05) is 13.2 Å². The van der Waals surface area contributed by atoms with Crippen LogP contribution in [0.25, 0.3) is 0 Å². The number of fused-ring (bicyclic) bond motifs is 1. The van der Waals surface area contributed by atoms with Gasteiger partial charge in [0.25, 0.3) is 0 Å². The standard InChI is InChI=1S/C14H23NO5/c1-5-19-11(17)9-6-14(8-16)7-10(14)15(9)12(18)20-13(2,3)4/h9-10,16H,5-8H2,1-4H3/t9?,10-,14-/m0/s1. The highest BCUT2D eigenvalue weighted by atomic mass is 16.6. The first-order valence-electron chi connectivity index (χ1n) is 7.03. The maximum atomic E-state index is 12.3. The van der Waals surface area contributed by atoms with E-state index in [0.29, 0.717) is 6.42 Å². The minimum Gasteiger partial charge on any atom is -0.464 e. The highest BCUT2D eigenvalue weighted by Crippen LogP contribution is 2.59. The molecule has 1 aliphatic heterocycles. The number of amides is 1. The van der Waals surface area contributed by atoms with Crippen molar-refractivity contribution in [3.63, 3.8) is 0 Å². The van der Waals surface area contributed by atoms with Gasteiger partial charge in [0.15, 0.2) is 0 Å². The van der Waals surface area contributed by atoms with Crippen LogP contribution in [0, 0.1) is 5.41 Å². The zero-order chi connectivity index (χ0) is 15.1. The molecule has 1 amide bonds. The lowest BCUT2D eigenvalue weighted by Crippen LogP contribution is -2.46. The van der Waals surface area contributed by atoms with Gasteiger partial charge >= 0.3 is 12.1 Å². The van der Waals surface area contributed by atoms with Gasteiger partial charge in [0.2, 0.25) is 0 Å². The normalized spacial score (nSPS) is 31.8. The molecule has 20 heavy (non-hydrogen) atoms. The summed E-state index contributed by atoms with van der Waals surface area (Å²) in [6.45, 7) is 7.33. The average molecular weight is 285 g/mol.